The van der Waals surface area contributed by atoms with E-state index in [1.165, 1.54) is 16.2 Å². The summed E-state index contributed by atoms with van der Waals surface area (Å²) in [6, 6.07) is 12.3. The normalized spacial score (nSPS) is 21.1. The van der Waals surface area contributed by atoms with Gasteiger partial charge in [0.25, 0.3) is 5.91 Å². The summed E-state index contributed by atoms with van der Waals surface area (Å²) in [4.78, 5) is 29.4. The van der Waals surface area contributed by atoms with Crippen LogP contribution in [-0.2, 0) is 11.3 Å². The van der Waals surface area contributed by atoms with E-state index < -0.39 is 0 Å². The maximum atomic E-state index is 13.0. The van der Waals surface area contributed by atoms with Crippen LogP contribution in [0.5, 0.6) is 0 Å². The third-order valence-electron chi connectivity index (χ3n) is 6.90. The lowest BCUT2D eigenvalue weighted by Gasteiger charge is -2.50. The fourth-order valence-corrected chi connectivity index (χ4v) is 5.49. The molecule has 1 saturated heterocycles. The van der Waals surface area contributed by atoms with Crippen molar-refractivity contribution in [3.8, 4) is 0 Å². The summed E-state index contributed by atoms with van der Waals surface area (Å²) in [5.74, 6) is 0.130. The topological polar surface area (TPSA) is 52.7 Å². The summed E-state index contributed by atoms with van der Waals surface area (Å²) in [5, 5.41) is 2.78. The Morgan fingerprint density at radius 3 is 2.42 bits per heavy atom. The molecule has 1 fully saturated rings. The molecule has 0 saturated carbocycles. The number of fused-ring (bicyclic) bond motifs is 1. The number of anilines is 1. The molecule has 2 aliphatic rings. The number of amides is 3. The molecule has 5 heteroatoms. The minimum absolute atomic E-state index is 0.0822. The van der Waals surface area contributed by atoms with Gasteiger partial charge in [0.15, 0.2) is 0 Å². The lowest BCUT2D eigenvalue weighted by Crippen LogP contribution is -2.51. The Morgan fingerprint density at radius 1 is 1.12 bits per heavy atom. The predicted molar refractivity (Wildman–Crippen MR) is 134 cm³/mol. The Kier molecular flexibility index (Phi) is 5.85. The van der Waals surface area contributed by atoms with Gasteiger partial charge < -0.3 is 10.2 Å². The Morgan fingerprint density at radius 2 is 1.79 bits per heavy atom. The van der Waals surface area contributed by atoms with Crippen molar-refractivity contribution in [2.24, 2.45) is 0 Å². The highest BCUT2D eigenvalue weighted by Crippen LogP contribution is 2.45. The average molecular weight is 446 g/mol. The van der Waals surface area contributed by atoms with Crippen LogP contribution in [0, 0.1) is 13.8 Å². The zero-order chi connectivity index (χ0) is 24.1. The molecule has 1 atom stereocenters. The number of aryl methyl sites for hydroxylation is 2. The van der Waals surface area contributed by atoms with E-state index in [2.05, 4.69) is 63.9 Å². The number of nitrogens with one attached hydrogen (secondary N) is 1. The van der Waals surface area contributed by atoms with Crippen LogP contribution in [0.3, 0.4) is 0 Å². The van der Waals surface area contributed by atoms with E-state index in [1.54, 1.807) is 0 Å². The van der Waals surface area contributed by atoms with E-state index in [4.69, 9.17) is 0 Å². The Balaban J connectivity index is 1.66. The minimum atomic E-state index is -0.372. The number of hydrogen-bond donors (Lipinski definition) is 1. The molecule has 0 spiro atoms. The second kappa shape index (κ2) is 8.36. The Bertz CT molecular complexity index is 1130. The third-order valence-corrected chi connectivity index (χ3v) is 6.90. The first kappa shape index (κ1) is 23.1. The van der Waals surface area contributed by atoms with Crippen LogP contribution in [0.25, 0.3) is 6.08 Å². The maximum Gasteiger partial charge on any atom is 0.329 e. The van der Waals surface area contributed by atoms with E-state index in [1.807, 2.05) is 37.3 Å². The molecule has 2 aromatic rings. The van der Waals surface area contributed by atoms with Gasteiger partial charge in [-0.2, -0.15) is 0 Å². The van der Waals surface area contributed by atoms with Crippen molar-refractivity contribution < 1.29 is 9.59 Å². The fraction of sp³-hybridized carbons (Fsp3) is 0.429. The molecule has 5 nitrogen and oxygen atoms in total. The summed E-state index contributed by atoms with van der Waals surface area (Å²) >= 11 is 0. The SMILES string of the molecule is Cc1ccc(CN2C(=O)N/C(=C\c3cc4c(cc3C)N(C(C)C)C(C)(C)C[C@H]4C)C2=O)cc1. The second-order valence-electron chi connectivity index (χ2n) is 10.5. The van der Waals surface area contributed by atoms with Gasteiger partial charge in [-0.15, -0.1) is 0 Å². The second-order valence-corrected chi connectivity index (χ2v) is 10.5. The van der Waals surface area contributed by atoms with Gasteiger partial charge in [0.05, 0.1) is 6.54 Å². The molecule has 0 radical (unpaired) electrons. The van der Waals surface area contributed by atoms with Gasteiger partial charge >= 0.3 is 6.03 Å². The van der Waals surface area contributed by atoms with Crippen LogP contribution in [0.1, 0.15) is 74.8 Å². The number of urea groups is 1. The molecule has 0 bridgehead atoms. The van der Waals surface area contributed by atoms with Crippen molar-refractivity contribution in [3.63, 3.8) is 0 Å². The van der Waals surface area contributed by atoms with Gasteiger partial charge in [-0.3, -0.25) is 9.69 Å². The first-order chi connectivity index (χ1) is 15.5. The van der Waals surface area contributed by atoms with E-state index in [0.29, 0.717) is 17.7 Å². The summed E-state index contributed by atoms with van der Waals surface area (Å²) in [5.41, 5.74) is 7.14. The first-order valence-corrected chi connectivity index (χ1v) is 11.8. The van der Waals surface area contributed by atoms with Crippen LogP contribution in [0.2, 0.25) is 0 Å². The van der Waals surface area contributed by atoms with Crippen molar-refractivity contribution in [3.05, 3.63) is 69.9 Å². The first-order valence-electron chi connectivity index (χ1n) is 11.8. The molecule has 0 aliphatic carbocycles. The number of nitrogens with zero attached hydrogens (tertiary/aromatic N) is 2. The fourth-order valence-electron chi connectivity index (χ4n) is 5.49. The third kappa shape index (κ3) is 4.29. The van der Waals surface area contributed by atoms with Gasteiger partial charge in [0.1, 0.15) is 5.70 Å². The zero-order valence-corrected chi connectivity index (χ0v) is 20.8. The van der Waals surface area contributed by atoms with Gasteiger partial charge in [-0.05, 0) is 94.3 Å². The zero-order valence-electron chi connectivity index (χ0n) is 20.8. The molecular weight excluding hydrogens is 410 g/mol. The summed E-state index contributed by atoms with van der Waals surface area (Å²) in [6.45, 7) is 15.7. The van der Waals surface area contributed by atoms with Crippen molar-refractivity contribution >= 4 is 23.7 Å². The molecule has 174 valence electrons. The lowest BCUT2D eigenvalue weighted by molar-refractivity contribution is -0.123. The average Bonchev–Trinajstić information content (AvgIpc) is 2.97. The van der Waals surface area contributed by atoms with Gasteiger partial charge in [-0.25, -0.2) is 4.79 Å². The molecule has 3 amide bonds. The monoisotopic (exact) mass is 445 g/mol. The summed E-state index contributed by atoms with van der Waals surface area (Å²) < 4.78 is 0. The van der Waals surface area contributed by atoms with Crippen LogP contribution >= 0.6 is 0 Å². The van der Waals surface area contributed by atoms with Crippen LogP contribution in [0.4, 0.5) is 10.5 Å². The molecule has 0 unspecified atom stereocenters. The number of carbonyl (C=O) groups is 2. The highest BCUT2D eigenvalue weighted by atomic mass is 16.2. The highest BCUT2D eigenvalue weighted by Gasteiger charge is 2.38. The van der Waals surface area contributed by atoms with Crippen molar-refractivity contribution in [2.75, 3.05) is 4.90 Å². The Labute approximate surface area is 197 Å². The Hall–Kier alpha value is -3.08. The van der Waals surface area contributed by atoms with Gasteiger partial charge in [0, 0.05) is 17.3 Å². The molecule has 4 rings (SSSR count). The molecule has 1 N–H and O–H groups in total. The number of rotatable bonds is 4. The predicted octanol–water partition coefficient (Wildman–Crippen LogP) is 5.90. The van der Waals surface area contributed by atoms with Crippen LogP contribution < -0.4 is 10.2 Å². The molecular formula is C28H35N3O2. The molecule has 2 aliphatic heterocycles. The molecule has 2 aromatic carbocycles. The summed E-state index contributed by atoms with van der Waals surface area (Å²) in [6.07, 6.45) is 2.90. The number of benzene rings is 2. The number of imide groups is 1. The lowest BCUT2D eigenvalue weighted by atomic mass is 9.78. The molecule has 2 heterocycles. The maximum absolute atomic E-state index is 13.0. The minimum Gasteiger partial charge on any atom is -0.364 e. The number of carbonyl (C=O) groups excluding carboxylic acids is 2. The smallest absolute Gasteiger partial charge is 0.329 e. The van der Waals surface area contributed by atoms with Gasteiger partial charge in [0.2, 0.25) is 0 Å². The van der Waals surface area contributed by atoms with Crippen LogP contribution in [-0.4, -0.2) is 28.4 Å². The molecule has 0 aromatic heterocycles. The highest BCUT2D eigenvalue weighted by molar-refractivity contribution is 6.14. The van der Waals surface area contributed by atoms with Crippen LogP contribution in [0.15, 0.2) is 42.1 Å². The molecule has 33 heavy (non-hydrogen) atoms. The van der Waals surface area contributed by atoms with E-state index in [-0.39, 0.29) is 24.0 Å². The van der Waals surface area contributed by atoms with E-state index in [0.717, 1.165) is 28.7 Å². The number of hydrogen-bond acceptors (Lipinski definition) is 3. The van der Waals surface area contributed by atoms with E-state index >= 15 is 0 Å². The summed E-state index contributed by atoms with van der Waals surface area (Å²) in [7, 11) is 0. The van der Waals surface area contributed by atoms with Crippen molar-refractivity contribution in [1.29, 1.82) is 0 Å². The van der Waals surface area contributed by atoms with Crippen molar-refractivity contribution in [2.45, 2.75) is 78.9 Å². The van der Waals surface area contributed by atoms with Crippen molar-refractivity contribution in [1.82, 2.24) is 10.2 Å². The van der Waals surface area contributed by atoms with Gasteiger partial charge in [-0.1, -0.05) is 36.8 Å². The van der Waals surface area contributed by atoms with E-state index in [9.17, 15) is 9.59 Å². The standard InChI is InChI=1S/C28H35N3O2/c1-17(2)31-25-12-19(4)22(13-23(25)20(5)15-28(31,6)7)14-24-26(32)30(27(33)29-24)16-21-10-8-18(3)9-11-21/h8-14,17,20H,15-16H2,1-7H3,(H,29,33)/b24-14-/t20-/m1/s1. The quantitative estimate of drug-likeness (QED) is 0.471. The largest absolute Gasteiger partial charge is 0.364 e.